The Morgan fingerprint density at radius 1 is 1.58 bits per heavy atom. The molecule has 1 atom stereocenters. The first kappa shape index (κ1) is 15.6. The number of rotatable bonds is 6. The molecule has 1 rings (SSSR count). The van der Waals surface area contributed by atoms with E-state index in [9.17, 15) is 14.9 Å². The maximum atomic E-state index is 12.0. The van der Waals surface area contributed by atoms with E-state index in [1.54, 1.807) is 26.2 Å². The third-order valence-electron chi connectivity index (χ3n) is 2.56. The van der Waals surface area contributed by atoms with Gasteiger partial charge in [0, 0.05) is 29.6 Å². The van der Waals surface area contributed by atoms with Crippen molar-refractivity contribution in [2.75, 3.05) is 19.0 Å². The van der Waals surface area contributed by atoms with Crippen LogP contribution in [-0.4, -0.2) is 35.9 Å². The molecule has 0 aromatic heterocycles. The number of nitrogens with one attached hydrogen (secondary N) is 1. The van der Waals surface area contributed by atoms with Gasteiger partial charge in [0.1, 0.15) is 0 Å². The maximum absolute atomic E-state index is 12.0. The van der Waals surface area contributed by atoms with E-state index < -0.39 is 4.92 Å². The molecule has 7 heteroatoms. The molecule has 1 N–H and O–H groups in total. The van der Waals surface area contributed by atoms with Crippen LogP contribution in [0, 0.1) is 17.0 Å². The molecule has 0 heterocycles. The normalized spacial score (nSPS) is 11.9. The van der Waals surface area contributed by atoms with Crippen LogP contribution < -0.4 is 5.32 Å². The van der Waals surface area contributed by atoms with E-state index in [1.165, 1.54) is 6.07 Å². The third-order valence-corrected chi connectivity index (χ3v) is 3.34. The van der Waals surface area contributed by atoms with Crippen molar-refractivity contribution in [3.8, 4) is 0 Å². The first-order valence-electron chi connectivity index (χ1n) is 5.60. The fourth-order valence-electron chi connectivity index (χ4n) is 1.54. The zero-order chi connectivity index (χ0) is 14.4. The number of halogens is 1. The van der Waals surface area contributed by atoms with Gasteiger partial charge in [-0.25, -0.2) is 0 Å². The summed E-state index contributed by atoms with van der Waals surface area (Å²) in [6.45, 7) is 2.00. The van der Waals surface area contributed by atoms with E-state index in [0.717, 1.165) is 0 Å². The molecule has 0 saturated heterocycles. The quantitative estimate of drug-likeness (QED) is 0.491. The Morgan fingerprint density at radius 2 is 2.26 bits per heavy atom. The summed E-state index contributed by atoms with van der Waals surface area (Å²) in [5.41, 5.74) is 0.726. The van der Waals surface area contributed by atoms with Crippen LogP contribution in [-0.2, 0) is 4.74 Å². The molecule has 6 nitrogen and oxygen atoms in total. The molecular formula is C12H15BrN2O4. The zero-order valence-corrected chi connectivity index (χ0v) is 12.3. The minimum Gasteiger partial charge on any atom is -0.383 e. The fourth-order valence-corrected chi connectivity index (χ4v) is 1.89. The Bertz CT molecular complexity index is 479. The van der Waals surface area contributed by atoms with Gasteiger partial charge in [0.25, 0.3) is 11.6 Å². The van der Waals surface area contributed by atoms with Crippen LogP contribution in [0.15, 0.2) is 18.2 Å². The van der Waals surface area contributed by atoms with Crippen LogP contribution in [0.2, 0.25) is 0 Å². The van der Waals surface area contributed by atoms with Crippen molar-refractivity contribution < 1.29 is 14.5 Å². The smallest absolute Gasteiger partial charge is 0.273 e. The van der Waals surface area contributed by atoms with E-state index in [-0.39, 0.29) is 23.2 Å². The monoisotopic (exact) mass is 330 g/mol. The molecular weight excluding hydrogens is 316 g/mol. The molecule has 0 aliphatic heterocycles. The topological polar surface area (TPSA) is 81.5 Å². The van der Waals surface area contributed by atoms with Gasteiger partial charge in [0.15, 0.2) is 0 Å². The Labute approximate surface area is 119 Å². The minimum atomic E-state index is -0.497. The number of alkyl halides is 1. The number of ether oxygens (including phenoxy) is 1. The second kappa shape index (κ2) is 7.20. The predicted molar refractivity (Wildman–Crippen MR) is 74.8 cm³/mol. The summed E-state index contributed by atoms with van der Waals surface area (Å²) in [4.78, 5) is 22.3. The number of carbonyl (C=O) groups excluding carboxylic acids is 1. The molecule has 0 bridgehead atoms. The number of benzene rings is 1. The molecule has 0 saturated carbocycles. The Morgan fingerprint density at radius 3 is 2.79 bits per heavy atom. The van der Waals surface area contributed by atoms with Crippen molar-refractivity contribution in [2.24, 2.45) is 0 Å². The average Bonchev–Trinajstić information content (AvgIpc) is 2.38. The molecule has 0 spiro atoms. The number of methoxy groups -OCH3 is 1. The number of amides is 1. The average molecular weight is 331 g/mol. The number of nitro benzene ring substituents is 1. The second-order valence-electron chi connectivity index (χ2n) is 4.04. The van der Waals surface area contributed by atoms with E-state index >= 15 is 0 Å². The summed E-state index contributed by atoms with van der Waals surface area (Å²) in [5.74, 6) is -0.357. The van der Waals surface area contributed by atoms with Crippen LogP contribution in [0.3, 0.4) is 0 Å². The lowest BCUT2D eigenvalue weighted by molar-refractivity contribution is -0.385. The largest absolute Gasteiger partial charge is 0.383 e. The summed E-state index contributed by atoms with van der Waals surface area (Å²) >= 11 is 3.26. The van der Waals surface area contributed by atoms with Gasteiger partial charge in [-0.15, -0.1) is 0 Å². The molecule has 1 unspecified atom stereocenters. The maximum Gasteiger partial charge on any atom is 0.273 e. The van der Waals surface area contributed by atoms with E-state index in [2.05, 4.69) is 21.2 Å². The SMILES string of the molecule is COCC(CBr)NC(=O)c1ccc(C)c([N+](=O)[O-])c1. The number of nitrogens with zero attached hydrogens (tertiary/aromatic N) is 1. The van der Waals surface area contributed by atoms with Crippen LogP contribution >= 0.6 is 15.9 Å². The lowest BCUT2D eigenvalue weighted by Crippen LogP contribution is -2.39. The highest BCUT2D eigenvalue weighted by atomic mass is 79.9. The molecule has 1 aromatic carbocycles. The van der Waals surface area contributed by atoms with Crippen molar-refractivity contribution >= 4 is 27.5 Å². The van der Waals surface area contributed by atoms with Crippen molar-refractivity contribution in [3.05, 3.63) is 39.4 Å². The van der Waals surface area contributed by atoms with Crippen LogP contribution in [0.5, 0.6) is 0 Å². The highest BCUT2D eigenvalue weighted by Gasteiger charge is 2.17. The Hall–Kier alpha value is -1.47. The standard InChI is InChI=1S/C12H15BrN2O4/c1-8-3-4-9(5-11(8)15(17)18)12(16)14-10(6-13)7-19-2/h3-5,10H,6-7H2,1-2H3,(H,14,16). The second-order valence-corrected chi connectivity index (χ2v) is 4.69. The van der Waals surface area contributed by atoms with Gasteiger partial charge < -0.3 is 10.1 Å². The lowest BCUT2D eigenvalue weighted by atomic mass is 10.1. The van der Waals surface area contributed by atoms with Gasteiger partial charge in [-0.2, -0.15) is 0 Å². The van der Waals surface area contributed by atoms with Gasteiger partial charge in [0.2, 0.25) is 0 Å². The molecule has 104 valence electrons. The highest BCUT2D eigenvalue weighted by molar-refractivity contribution is 9.09. The number of carbonyl (C=O) groups is 1. The molecule has 0 radical (unpaired) electrons. The molecule has 0 aliphatic rings. The van der Waals surface area contributed by atoms with Crippen molar-refractivity contribution in [1.82, 2.24) is 5.32 Å². The van der Waals surface area contributed by atoms with E-state index in [4.69, 9.17) is 4.74 Å². The highest BCUT2D eigenvalue weighted by Crippen LogP contribution is 2.19. The van der Waals surface area contributed by atoms with Crippen molar-refractivity contribution in [3.63, 3.8) is 0 Å². The molecule has 0 fully saturated rings. The van der Waals surface area contributed by atoms with Crippen LogP contribution in [0.25, 0.3) is 0 Å². The minimum absolute atomic E-state index is 0.0604. The number of hydrogen-bond acceptors (Lipinski definition) is 4. The summed E-state index contributed by atoms with van der Waals surface area (Å²) in [7, 11) is 1.54. The van der Waals surface area contributed by atoms with E-state index in [0.29, 0.717) is 17.5 Å². The van der Waals surface area contributed by atoms with Gasteiger partial charge >= 0.3 is 0 Å². The van der Waals surface area contributed by atoms with Crippen LogP contribution in [0.4, 0.5) is 5.69 Å². The fraction of sp³-hybridized carbons (Fsp3) is 0.417. The Balaban J connectivity index is 2.88. The van der Waals surface area contributed by atoms with E-state index in [1.807, 2.05) is 0 Å². The van der Waals surface area contributed by atoms with Gasteiger partial charge in [-0.05, 0) is 13.0 Å². The summed E-state index contributed by atoms with van der Waals surface area (Å²) in [6, 6.07) is 4.23. The summed E-state index contributed by atoms with van der Waals surface area (Å²) in [5, 5.41) is 14.1. The molecule has 0 aliphatic carbocycles. The lowest BCUT2D eigenvalue weighted by Gasteiger charge is -2.15. The number of hydrogen-bond donors (Lipinski definition) is 1. The number of aryl methyl sites for hydroxylation is 1. The molecule has 1 aromatic rings. The summed E-state index contributed by atoms with van der Waals surface area (Å²) in [6.07, 6.45) is 0. The zero-order valence-electron chi connectivity index (χ0n) is 10.7. The van der Waals surface area contributed by atoms with Gasteiger partial charge in [0.05, 0.1) is 17.6 Å². The predicted octanol–water partition coefficient (Wildman–Crippen LogP) is 2.04. The first-order valence-corrected chi connectivity index (χ1v) is 6.72. The van der Waals surface area contributed by atoms with Crippen molar-refractivity contribution in [2.45, 2.75) is 13.0 Å². The summed E-state index contributed by atoms with van der Waals surface area (Å²) < 4.78 is 4.96. The number of nitro groups is 1. The van der Waals surface area contributed by atoms with Crippen LogP contribution in [0.1, 0.15) is 15.9 Å². The Kier molecular flexibility index (Phi) is 5.91. The third kappa shape index (κ3) is 4.29. The first-order chi connectivity index (χ1) is 8.99. The molecule has 19 heavy (non-hydrogen) atoms. The van der Waals surface area contributed by atoms with Crippen molar-refractivity contribution in [1.29, 1.82) is 0 Å². The molecule has 1 amide bonds. The van der Waals surface area contributed by atoms with Gasteiger partial charge in [-0.3, -0.25) is 14.9 Å². The van der Waals surface area contributed by atoms with Gasteiger partial charge in [-0.1, -0.05) is 22.0 Å².